The summed E-state index contributed by atoms with van der Waals surface area (Å²) in [6, 6.07) is 7.30. The van der Waals surface area contributed by atoms with Gasteiger partial charge in [0.25, 0.3) is 5.91 Å². The molecule has 0 radical (unpaired) electrons. The predicted octanol–water partition coefficient (Wildman–Crippen LogP) is 2.61. The molecule has 0 saturated carbocycles. The molecule has 0 spiro atoms. The molecule has 1 N–H and O–H groups in total. The van der Waals surface area contributed by atoms with Gasteiger partial charge in [-0.15, -0.1) is 11.3 Å². The molecule has 4 rings (SSSR count). The molecule has 0 unspecified atom stereocenters. The Balaban J connectivity index is 1.37. The van der Waals surface area contributed by atoms with Crippen molar-refractivity contribution in [3.05, 3.63) is 40.7 Å². The molecule has 0 aliphatic carbocycles. The predicted molar refractivity (Wildman–Crippen MR) is 93.6 cm³/mol. The first kappa shape index (κ1) is 15.8. The summed E-state index contributed by atoms with van der Waals surface area (Å²) >= 11 is 1.62. The topological polar surface area (TPSA) is 88.3 Å². The molecule has 1 fully saturated rings. The number of hydrogen-bond acceptors (Lipinski definition) is 6. The van der Waals surface area contributed by atoms with Crippen LogP contribution in [0.3, 0.4) is 0 Å². The second-order valence-corrected chi connectivity index (χ2v) is 7.37. The number of thiazole rings is 1. The van der Waals surface area contributed by atoms with Gasteiger partial charge in [0.05, 0.1) is 21.1 Å². The van der Waals surface area contributed by atoms with Crippen LogP contribution in [0.5, 0.6) is 0 Å². The van der Waals surface area contributed by atoms with Gasteiger partial charge in [0.15, 0.2) is 5.69 Å². The molecular weight excluding hydrogens is 340 g/mol. The number of nitrogens with one attached hydrogen (secondary N) is 1. The number of nitrogens with zero attached hydrogens (tertiary/aromatic N) is 3. The van der Waals surface area contributed by atoms with Crippen molar-refractivity contribution in [2.45, 2.75) is 13.8 Å². The lowest BCUT2D eigenvalue weighted by Crippen LogP contribution is -2.54. The second-order valence-electron chi connectivity index (χ2n) is 6.13. The summed E-state index contributed by atoms with van der Waals surface area (Å²) in [4.78, 5) is 30.5. The van der Waals surface area contributed by atoms with Crippen molar-refractivity contribution in [2.24, 2.45) is 5.92 Å². The number of carbonyl (C=O) groups excluding carboxylic acids is 2. The third kappa shape index (κ3) is 3.00. The van der Waals surface area contributed by atoms with Gasteiger partial charge >= 0.3 is 0 Å². The van der Waals surface area contributed by atoms with Gasteiger partial charge in [-0.1, -0.05) is 5.16 Å². The van der Waals surface area contributed by atoms with Crippen molar-refractivity contribution in [2.75, 3.05) is 18.4 Å². The van der Waals surface area contributed by atoms with E-state index >= 15 is 0 Å². The maximum Gasteiger partial charge on any atom is 0.276 e. The molecule has 3 aromatic rings. The van der Waals surface area contributed by atoms with Crippen molar-refractivity contribution in [3.63, 3.8) is 0 Å². The fraction of sp³-hybridized carbons (Fsp3) is 0.294. The highest BCUT2D eigenvalue weighted by atomic mass is 32.1. The summed E-state index contributed by atoms with van der Waals surface area (Å²) in [6.45, 7) is 4.46. The zero-order chi connectivity index (χ0) is 17.6. The lowest BCUT2D eigenvalue weighted by atomic mass is 9.98. The molecule has 7 nitrogen and oxygen atoms in total. The third-order valence-corrected chi connectivity index (χ3v) is 5.10. The lowest BCUT2D eigenvalue weighted by Gasteiger charge is -2.37. The van der Waals surface area contributed by atoms with E-state index in [1.54, 1.807) is 29.2 Å². The Bertz CT molecular complexity index is 971. The van der Waals surface area contributed by atoms with Crippen LogP contribution in [-0.4, -0.2) is 39.9 Å². The van der Waals surface area contributed by atoms with E-state index in [1.165, 1.54) is 0 Å². The van der Waals surface area contributed by atoms with Crippen molar-refractivity contribution >= 4 is 39.1 Å². The van der Waals surface area contributed by atoms with E-state index < -0.39 is 0 Å². The Hall–Kier alpha value is -2.74. The second kappa shape index (κ2) is 5.96. The van der Waals surface area contributed by atoms with Crippen molar-refractivity contribution in [1.82, 2.24) is 15.0 Å². The van der Waals surface area contributed by atoms with Crippen LogP contribution in [0, 0.1) is 19.8 Å². The van der Waals surface area contributed by atoms with E-state index in [9.17, 15) is 9.59 Å². The van der Waals surface area contributed by atoms with Crippen LogP contribution in [0.15, 0.2) is 28.8 Å². The van der Waals surface area contributed by atoms with Crippen LogP contribution in [-0.2, 0) is 4.79 Å². The molecule has 2 aromatic heterocycles. The number of carbonyl (C=O) groups is 2. The first-order valence-electron chi connectivity index (χ1n) is 7.90. The Kier molecular flexibility index (Phi) is 3.76. The minimum atomic E-state index is -0.218. The van der Waals surface area contributed by atoms with E-state index in [0.717, 1.165) is 20.9 Å². The van der Waals surface area contributed by atoms with Gasteiger partial charge in [-0.05, 0) is 32.0 Å². The van der Waals surface area contributed by atoms with Crippen LogP contribution in [0.1, 0.15) is 21.3 Å². The molecule has 25 heavy (non-hydrogen) atoms. The Labute approximate surface area is 147 Å². The zero-order valence-corrected chi connectivity index (χ0v) is 14.6. The molecule has 8 heteroatoms. The quantitative estimate of drug-likeness (QED) is 0.779. The minimum absolute atomic E-state index is 0.0910. The normalized spacial score (nSPS) is 14.6. The highest BCUT2D eigenvalue weighted by Crippen LogP contribution is 2.26. The highest BCUT2D eigenvalue weighted by Gasteiger charge is 2.37. The average molecular weight is 356 g/mol. The van der Waals surface area contributed by atoms with Gasteiger partial charge in [-0.25, -0.2) is 4.98 Å². The molecule has 1 aliphatic rings. The van der Waals surface area contributed by atoms with Gasteiger partial charge in [0.1, 0.15) is 5.76 Å². The molecule has 128 valence electrons. The number of hydrogen-bond donors (Lipinski definition) is 1. The largest absolute Gasteiger partial charge is 0.361 e. The minimum Gasteiger partial charge on any atom is -0.361 e. The first-order chi connectivity index (χ1) is 12.0. The van der Waals surface area contributed by atoms with Crippen LogP contribution in [0.25, 0.3) is 10.2 Å². The number of aryl methyl sites for hydroxylation is 2. The molecule has 1 aromatic carbocycles. The fourth-order valence-corrected chi connectivity index (χ4v) is 3.61. The van der Waals surface area contributed by atoms with Gasteiger partial charge < -0.3 is 14.7 Å². The average Bonchev–Trinajstić information content (AvgIpc) is 3.10. The summed E-state index contributed by atoms with van der Waals surface area (Å²) in [6.07, 6.45) is 0. The first-order valence-corrected chi connectivity index (χ1v) is 8.72. The SMILES string of the molecule is Cc1cc(C(=O)N2CC(C(=O)Nc3ccc4sc(C)nc4c3)C2)no1. The smallest absolute Gasteiger partial charge is 0.276 e. The number of fused-ring (bicyclic) bond motifs is 1. The summed E-state index contributed by atoms with van der Waals surface area (Å²) in [5.74, 6) is 0.0719. The molecule has 2 amide bonds. The van der Waals surface area contributed by atoms with E-state index in [4.69, 9.17) is 4.52 Å². The number of amides is 2. The maximum atomic E-state index is 12.3. The van der Waals surface area contributed by atoms with E-state index in [1.807, 2.05) is 25.1 Å². The summed E-state index contributed by atoms with van der Waals surface area (Å²) in [5, 5.41) is 7.61. The van der Waals surface area contributed by atoms with Crippen molar-refractivity contribution < 1.29 is 14.1 Å². The van der Waals surface area contributed by atoms with Crippen LogP contribution in [0.2, 0.25) is 0 Å². The Morgan fingerprint density at radius 2 is 2.08 bits per heavy atom. The molecule has 3 heterocycles. The van der Waals surface area contributed by atoms with Gasteiger partial charge in [0, 0.05) is 24.8 Å². The third-order valence-electron chi connectivity index (χ3n) is 4.15. The number of aromatic nitrogens is 2. The number of benzene rings is 1. The van der Waals surface area contributed by atoms with Crippen molar-refractivity contribution in [1.29, 1.82) is 0 Å². The van der Waals surface area contributed by atoms with E-state index in [0.29, 0.717) is 18.8 Å². The number of anilines is 1. The Morgan fingerprint density at radius 3 is 2.80 bits per heavy atom. The number of rotatable bonds is 3. The highest BCUT2D eigenvalue weighted by molar-refractivity contribution is 7.18. The van der Waals surface area contributed by atoms with E-state index in [-0.39, 0.29) is 23.4 Å². The molecular formula is C17H16N4O3S. The van der Waals surface area contributed by atoms with Crippen LogP contribution >= 0.6 is 11.3 Å². The number of likely N-dealkylation sites (tertiary alicyclic amines) is 1. The standard InChI is InChI=1S/C17H16N4O3S/c1-9-5-14(20-24-9)17(23)21-7-11(8-21)16(22)19-12-3-4-15-13(6-12)18-10(2)25-15/h3-6,11H,7-8H2,1-2H3,(H,19,22). The van der Waals surface area contributed by atoms with Crippen LogP contribution < -0.4 is 5.32 Å². The van der Waals surface area contributed by atoms with Crippen LogP contribution in [0.4, 0.5) is 5.69 Å². The molecule has 0 bridgehead atoms. The Morgan fingerprint density at radius 1 is 1.28 bits per heavy atom. The maximum absolute atomic E-state index is 12.3. The molecule has 1 saturated heterocycles. The fourth-order valence-electron chi connectivity index (χ4n) is 2.80. The monoisotopic (exact) mass is 356 g/mol. The lowest BCUT2D eigenvalue weighted by molar-refractivity contribution is -0.123. The van der Waals surface area contributed by atoms with E-state index in [2.05, 4.69) is 15.5 Å². The van der Waals surface area contributed by atoms with Gasteiger partial charge in [0.2, 0.25) is 5.91 Å². The van der Waals surface area contributed by atoms with Gasteiger partial charge in [-0.3, -0.25) is 9.59 Å². The summed E-state index contributed by atoms with van der Waals surface area (Å²) < 4.78 is 6.01. The van der Waals surface area contributed by atoms with Crippen molar-refractivity contribution in [3.8, 4) is 0 Å². The molecule has 0 atom stereocenters. The summed E-state index contributed by atoms with van der Waals surface area (Å²) in [7, 11) is 0. The molecule has 1 aliphatic heterocycles. The summed E-state index contributed by atoms with van der Waals surface area (Å²) in [5.41, 5.74) is 1.88. The zero-order valence-electron chi connectivity index (χ0n) is 13.8. The van der Waals surface area contributed by atoms with Gasteiger partial charge in [-0.2, -0.15) is 0 Å².